The number of hydrogen-bond donors (Lipinski definition) is 1. The minimum Gasteiger partial charge on any atom is -0.508 e. The van der Waals surface area contributed by atoms with E-state index in [9.17, 15) is 13.9 Å². The maximum Gasteiger partial charge on any atom is 0.319 e. The first-order chi connectivity index (χ1) is 22.8. The second-order valence-corrected chi connectivity index (χ2v) is 13.0. The number of halogens is 3. The Balaban J connectivity index is 1.43. The highest BCUT2D eigenvalue weighted by atomic mass is 19.1. The monoisotopic (exact) mass is 651 g/mol. The van der Waals surface area contributed by atoms with Crippen LogP contribution in [0.15, 0.2) is 30.5 Å². The van der Waals surface area contributed by atoms with E-state index in [1.54, 1.807) is 6.07 Å². The molecule has 3 heterocycles. The zero-order valence-corrected chi connectivity index (χ0v) is 27.5. The topological polar surface area (TPSA) is 83.8 Å². The van der Waals surface area contributed by atoms with E-state index in [-0.39, 0.29) is 40.7 Å². The molecule has 0 spiro atoms. The second kappa shape index (κ2) is 14.2. The summed E-state index contributed by atoms with van der Waals surface area (Å²) in [5.74, 6) is -0.737. The van der Waals surface area contributed by atoms with Crippen LogP contribution in [0.2, 0.25) is 0 Å². The van der Waals surface area contributed by atoms with Crippen LogP contribution >= 0.6 is 0 Å². The average Bonchev–Trinajstić information content (AvgIpc) is 3.84. The number of nitrogens with zero attached hydrogens (tertiary/aromatic N) is 5. The molecule has 0 unspecified atom stereocenters. The van der Waals surface area contributed by atoms with Crippen LogP contribution in [-0.2, 0) is 11.2 Å². The van der Waals surface area contributed by atoms with Crippen LogP contribution in [0, 0.1) is 17.0 Å². The quantitative estimate of drug-likeness (QED) is 0.140. The number of hydrogen-bond acceptors (Lipinski definition) is 8. The molecule has 2 aliphatic rings. The van der Waals surface area contributed by atoms with Gasteiger partial charge in [0.05, 0.1) is 12.0 Å². The van der Waals surface area contributed by atoms with E-state index >= 15 is 4.39 Å². The van der Waals surface area contributed by atoms with Crippen molar-refractivity contribution in [3.63, 3.8) is 0 Å². The van der Waals surface area contributed by atoms with Gasteiger partial charge in [-0.1, -0.05) is 26.3 Å². The highest BCUT2D eigenvalue weighted by molar-refractivity contribution is 6.01. The van der Waals surface area contributed by atoms with Crippen molar-refractivity contribution in [2.45, 2.75) is 71.9 Å². The number of aromatic nitrogens is 3. The summed E-state index contributed by atoms with van der Waals surface area (Å²) < 4.78 is 57.6. The van der Waals surface area contributed by atoms with Gasteiger partial charge in [0.1, 0.15) is 41.5 Å². The standard InChI is InChI=1S/C36H44F3N5O3/c1-4-7-14-44(22-46-6-3)34-28-19-40-32(27-18-25(45)17-23-8-9-29(38)26(5-2)30(23)27)31(39)33(28)41-35(42-34)47-21-36(12-13-36)20-43-15-10-24(37)11-16-43/h8-9,17-19,24,45H,4-7,10-16,20-22H2,1-3H3. The molecule has 0 atom stereocenters. The largest absolute Gasteiger partial charge is 0.508 e. The highest BCUT2D eigenvalue weighted by Gasteiger charge is 2.45. The molecular formula is C36H44F3N5O3. The maximum atomic E-state index is 16.8. The van der Waals surface area contributed by atoms with E-state index in [0.717, 1.165) is 45.3 Å². The molecule has 4 aromatic rings. The zero-order chi connectivity index (χ0) is 33.1. The molecule has 1 aliphatic heterocycles. The SMILES string of the molecule is CCCCN(COCC)c1nc(OCC2(CN3CCC(F)CC3)CC2)nc2c(F)c(-c3cc(O)cc4ccc(F)c(CC)c34)ncc12. The molecule has 2 aromatic heterocycles. The molecule has 6 rings (SSSR count). The Labute approximate surface area is 273 Å². The van der Waals surface area contributed by atoms with Crippen molar-refractivity contribution >= 4 is 27.5 Å². The average molecular weight is 652 g/mol. The lowest BCUT2D eigenvalue weighted by Gasteiger charge is -2.31. The molecule has 11 heteroatoms. The first-order valence-electron chi connectivity index (χ1n) is 16.9. The number of pyridine rings is 1. The third-order valence-electron chi connectivity index (χ3n) is 9.48. The molecule has 1 aliphatic carbocycles. The second-order valence-electron chi connectivity index (χ2n) is 13.0. The smallest absolute Gasteiger partial charge is 0.319 e. The summed E-state index contributed by atoms with van der Waals surface area (Å²) >= 11 is 0. The van der Waals surface area contributed by atoms with Gasteiger partial charge in [-0.05, 0) is 80.0 Å². The number of rotatable bonds is 14. The Morgan fingerprint density at radius 1 is 1.09 bits per heavy atom. The van der Waals surface area contributed by atoms with Crippen LogP contribution in [0.1, 0.15) is 64.9 Å². The first kappa shape index (κ1) is 33.2. The van der Waals surface area contributed by atoms with Crippen LogP contribution in [0.4, 0.5) is 19.0 Å². The summed E-state index contributed by atoms with van der Waals surface area (Å²) in [7, 11) is 0. The number of phenolic OH excluding ortho intramolecular Hbond substituents is 1. The minimum atomic E-state index is -0.728. The number of alkyl halides is 1. The third-order valence-corrected chi connectivity index (χ3v) is 9.48. The van der Waals surface area contributed by atoms with E-state index in [1.165, 1.54) is 24.4 Å². The maximum absolute atomic E-state index is 16.8. The van der Waals surface area contributed by atoms with Crippen molar-refractivity contribution < 1.29 is 27.8 Å². The van der Waals surface area contributed by atoms with Crippen molar-refractivity contribution in [2.24, 2.45) is 5.41 Å². The molecule has 1 N–H and O–H groups in total. The summed E-state index contributed by atoms with van der Waals surface area (Å²) in [5, 5.41) is 12.1. The Morgan fingerprint density at radius 2 is 1.87 bits per heavy atom. The number of ether oxygens (including phenoxy) is 2. The molecule has 0 amide bonds. The van der Waals surface area contributed by atoms with E-state index in [0.29, 0.717) is 66.6 Å². The lowest BCUT2D eigenvalue weighted by atomic mass is 9.94. The molecule has 2 aromatic carbocycles. The lowest BCUT2D eigenvalue weighted by Crippen LogP contribution is -2.39. The summed E-state index contributed by atoms with van der Waals surface area (Å²) in [6.45, 7) is 9.85. The molecule has 0 radical (unpaired) electrons. The number of unbranched alkanes of at least 4 members (excludes halogenated alkanes) is 1. The molecule has 1 saturated carbocycles. The predicted molar refractivity (Wildman–Crippen MR) is 178 cm³/mol. The normalized spacial score (nSPS) is 16.6. The van der Waals surface area contributed by atoms with Crippen molar-refractivity contribution in [1.82, 2.24) is 19.9 Å². The van der Waals surface area contributed by atoms with Crippen molar-refractivity contribution in [3.05, 3.63) is 47.7 Å². The molecule has 8 nitrogen and oxygen atoms in total. The summed E-state index contributed by atoms with van der Waals surface area (Å²) in [6.07, 6.45) is 6.06. The van der Waals surface area contributed by atoms with Crippen molar-refractivity contribution in [1.29, 1.82) is 0 Å². The zero-order valence-electron chi connectivity index (χ0n) is 27.5. The Kier molecular flexibility index (Phi) is 10.0. The van der Waals surface area contributed by atoms with Gasteiger partial charge >= 0.3 is 6.01 Å². The molecule has 1 saturated heterocycles. The van der Waals surface area contributed by atoms with Gasteiger partial charge in [0.2, 0.25) is 0 Å². The number of aryl methyl sites for hydroxylation is 1. The highest BCUT2D eigenvalue weighted by Crippen LogP contribution is 2.47. The number of aromatic hydroxyl groups is 1. The summed E-state index contributed by atoms with van der Waals surface area (Å²) in [4.78, 5) is 18.2. The van der Waals surface area contributed by atoms with Gasteiger partial charge < -0.3 is 24.4 Å². The summed E-state index contributed by atoms with van der Waals surface area (Å²) in [5.41, 5.74) is 0.601. The number of fused-ring (bicyclic) bond motifs is 2. The fraction of sp³-hybridized carbons (Fsp3) is 0.528. The van der Waals surface area contributed by atoms with E-state index in [2.05, 4.69) is 21.8 Å². The van der Waals surface area contributed by atoms with Crippen LogP contribution in [-0.4, -0.2) is 77.3 Å². The minimum absolute atomic E-state index is 0.0220. The molecule has 252 valence electrons. The number of piperidine rings is 1. The van der Waals surface area contributed by atoms with Crippen molar-refractivity contribution in [2.75, 3.05) is 51.0 Å². The molecule has 0 bridgehead atoms. The molecular weight excluding hydrogens is 607 g/mol. The van der Waals surface area contributed by atoms with Gasteiger partial charge in [0, 0.05) is 50.0 Å². The molecule has 47 heavy (non-hydrogen) atoms. The van der Waals surface area contributed by atoms with Gasteiger partial charge in [-0.25, -0.2) is 13.2 Å². The van der Waals surface area contributed by atoms with E-state index in [1.807, 2.05) is 18.7 Å². The van der Waals surface area contributed by atoms with E-state index in [4.69, 9.17) is 14.5 Å². The van der Waals surface area contributed by atoms with Crippen LogP contribution in [0.25, 0.3) is 32.9 Å². The van der Waals surface area contributed by atoms with Gasteiger partial charge in [-0.15, -0.1) is 0 Å². The number of benzene rings is 2. The Morgan fingerprint density at radius 3 is 2.57 bits per heavy atom. The Hall–Kier alpha value is -3.70. The van der Waals surface area contributed by atoms with Crippen LogP contribution in [0.5, 0.6) is 11.8 Å². The molecule has 2 fully saturated rings. The van der Waals surface area contributed by atoms with Crippen LogP contribution in [0.3, 0.4) is 0 Å². The van der Waals surface area contributed by atoms with Gasteiger partial charge in [0.15, 0.2) is 5.82 Å². The van der Waals surface area contributed by atoms with Crippen LogP contribution < -0.4 is 9.64 Å². The fourth-order valence-electron chi connectivity index (χ4n) is 6.61. The van der Waals surface area contributed by atoms with Gasteiger partial charge in [0.25, 0.3) is 0 Å². The Bertz CT molecular complexity index is 1720. The first-order valence-corrected chi connectivity index (χ1v) is 16.9. The van der Waals surface area contributed by atoms with E-state index < -0.39 is 17.8 Å². The number of phenols is 1. The lowest BCUT2D eigenvalue weighted by molar-refractivity contribution is 0.107. The third kappa shape index (κ3) is 7.11. The predicted octanol–water partition coefficient (Wildman–Crippen LogP) is 7.58. The fourth-order valence-corrected chi connectivity index (χ4v) is 6.61. The van der Waals surface area contributed by atoms with Gasteiger partial charge in [-0.2, -0.15) is 9.97 Å². The van der Waals surface area contributed by atoms with Gasteiger partial charge in [-0.3, -0.25) is 4.98 Å². The summed E-state index contributed by atoms with van der Waals surface area (Å²) in [6, 6.07) is 5.94. The number of likely N-dealkylation sites (tertiary alicyclic amines) is 1. The van der Waals surface area contributed by atoms with Crippen molar-refractivity contribution in [3.8, 4) is 23.0 Å². The number of anilines is 1.